The number of hydrogen-bond donors (Lipinski definition) is 1. The lowest BCUT2D eigenvalue weighted by Crippen LogP contribution is -2.46. The molecular weight excluding hydrogens is 400 g/mol. The Morgan fingerprint density at radius 1 is 1.25 bits per heavy atom. The third-order valence-electron chi connectivity index (χ3n) is 4.29. The highest BCUT2D eigenvalue weighted by atomic mass is 35.5. The summed E-state index contributed by atoms with van der Waals surface area (Å²) >= 11 is 7.10. The number of amides is 1. The molecule has 2 unspecified atom stereocenters. The van der Waals surface area contributed by atoms with Crippen LogP contribution in [0.5, 0.6) is 0 Å². The van der Waals surface area contributed by atoms with E-state index >= 15 is 0 Å². The minimum atomic E-state index is -0.0417. The van der Waals surface area contributed by atoms with Gasteiger partial charge in [-0.25, -0.2) is 0 Å². The van der Waals surface area contributed by atoms with Gasteiger partial charge in [0.15, 0.2) is 0 Å². The summed E-state index contributed by atoms with van der Waals surface area (Å²) in [4.78, 5) is 14.4. The molecular formula is C19H25ClN4O3S. The zero-order valence-electron chi connectivity index (χ0n) is 16.1. The Hall–Kier alpha value is -1.61. The van der Waals surface area contributed by atoms with Gasteiger partial charge in [-0.1, -0.05) is 23.4 Å². The van der Waals surface area contributed by atoms with Crippen molar-refractivity contribution in [3.63, 3.8) is 0 Å². The third kappa shape index (κ3) is 6.48. The van der Waals surface area contributed by atoms with E-state index in [1.807, 2.05) is 12.1 Å². The SMILES string of the molecule is CC1CN(CCCNC(=O)CSc2nnc(-c3ccc(Cl)cc3)o2)CC(C)O1. The largest absolute Gasteiger partial charge is 0.411 e. The predicted molar refractivity (Wildman–Crippen MR) is 110 cm³/mol. The Bertz CT molecular complexity index is 761. The molecule has 1 aromatic heterocycles. The van der Waals surface area contributed by atoms with E-state index in [1.165, 1.54) is 11.8 Å². The van der Waals surface area contributed by atoms with Crippen LogP contribution in [-0.2, 0) is 9.53 Å². The van der Waals surface area contributed by atoms with Crippen molar-refractivity contribution < 1.29 is 13.9 Å². The molecule has 28 heavy (non-hydrogen) atoms. The van der Waals surface area contributed by atoms with E-state index in [2.05, 4.69) is 34.3 Å². The zero-order chi connectivity index (χ0) is 19.9. The first kappa shape index (κ1) is 21.1. The molecule has 152 valence electrons. The van der Waals surface area contributed by atoms with Crippen LogP contribution in [0.4, 0.5) is 0 Å². The number of ether oxygens (including phenoxy) is 1. The van der Waals surface area contributed by atoms with E-state index < -0.39 is 0 Å². The highest BCUT2D eigenvalue weighted by Gasteiger charge is 2.21. The molecule has 1 aliphatic heterocycles. The predicted octanol–water partition coefficient (Wildman–Crippen LogP) is 3.10. The molecule has 1 saturated heterocycles. The summed E-state index contributed by atoms with van der Waals surface area (Å²) in [6.07, 6.45) is 1.45. The maximum atomic E-state index is 12.0. The van der Waals surface area contributed by atoms with Gasteiger partial charge in [-0.15, -0.1) is 10.2 Å². The van der Waals surface area contributed by atoms with Crippen LogP contribution in [0.2, 0.25) is 5.02 Å². The van der Waals surface area contributed by atoms with Gasteiger partial charge in [-0.05, 0) is 44.5 Å². The lowest BCUT2D eigenvalue weighted by molar-refractivity contribution is -0.118. The standard InChI is InChI=1S/C19H25ClN4O3S/c1-13-10-24(11-14(2)26-13)9-3-8-21-17(25)12-28-19-23-22-18(27-19)15-4-6-16(20)7-5-15/h4-7,13-14H,3,8-12H2,1-2H3,(H,21,25). The van der Waals surface area contributed by atoms with Gasteiger partial charge in [0.1, 0.15) is 0 Å². The van der Waals surface area contributed by atoms with Crippen molar-refractivity contribution in [1.29, 1.82) is 0 Å². The van der Waals surface area contributed by atoms with Crippen LogP contribution >= 0.6 is 23.4 Å². The molecule has 1 N–H and O–H groups in total. The fraction of sp³-hybridized carbons (Fsp3) is 0.526. The molecule has 2 aromatic rings. The molecule has 1 aromatic carbocycles. The third-order valence-corrected chi connectivity index (χ3v) is 5.36. The van der Waals surface area contributed by atoms with Crippen LogP contribution in [0, 0.1) is 0 Å². The smallest absolute Gasteiger partial charge is 0.277 e. The number of thioether (sulfide) groups is 1. The number of aromatic nitrogens is 2. The van der Waals surface area contributed by atoms with E-state index in [1.54, 1.807) is 12.1 Å². The Kier molecular flexibility index (Phi) is 7.73. The molecule has 0 saturated carbocycles. The Morgan fingerprint density at radius 3 is 2.68 bits per heavy atom. The number of rotatable bonds is 8. The summed E-state index contributed by atoms with van der Waals surface area (Å²) in [7, 11) is 0. The average molecular weight is 425 g/mol. The molecule has 1 fully saturated rings. The molecule has 2 heterocycles. The molecule has 9 heteroatoms. The van der Waals surface area contributed by atoms with Crippen molar-refractivity contribution in [2.45, 2.75) is 37.7 Å². The fourth-order valence-electron chi connectivity index (χ4n) is 3.15. The van der Waals surface area contributed by atoms with E-state index in [0.29, 0.717) is 22.7 Å². The lowest BCUT2D eigenvalue weighted by Gasteiger charge is -2.35. The van der Waals surface area contributed by atoms with Crippen molar-refractivity contribution in [3.8, 4) is 11.5 Å². The molecule has 0 bridgehead atoms. The Labute approximate surface area is 174 Å². The zero-order valence-corrected chi connectivity index (χ0v) is 17.6. The maximum Gasteiger partial charge on any atom is 0.277 e. The highest BCUT2D eigenvalue weighted by Crippen LogP contribution is 2.24. The van der Waals surface area contributed by atoms with Gasteiger partial charge in [-0.3, -0.25) is 9.69 Å². The molecule has 1 amide bonds. The number of morpholine rings is 1. The van der Waals surface area contributed by atoms with Crippen LogP contribution in [-0.4, -0.2) is 65.1 Å². The van der Waals surface area contributed by atoms with Gasteiger partial charge in [0.25, 0.3) is 5.22 Å². The van der Waals surface area contributed by atoms with Crippen molar-refractivity contribution in [2.75, 3.05) is 31.9 Å². The van der Waals surface area contributed by atoms with E-state index in [4.69, 9.17) is 20.8 Å². The van der Waals surface area contributed by atoms with E-state index in [-0.39, 0.29) is 23.9 Å². The molecule has 2 atom stereocenters. The summed E-state index contributed by atoms with van der Waals surface area (Å²) < 4.78 is 11.3. The fourth-order valence-corrected chi connectivity index (χ4v) is 3.87. The summed E-state index contributed by atoms with van der Waals surface area (Å²) in [5, 5.41) is 11.9. The molecule has 3 rings (SSSR count). The van der Waals surface area contributed by atoms with Gasteiger partial charge in [0.05, 0.1) is 18.0 Å². The second kappa shape index (κ2) is 10.2. The minimum Gasteiger partial charge on any atom is -0.411 e. The normalized spacial score (nSPS) is 20.2. The maximum absolute atomic E-state index is 12.0. The van der Waals surface area contributed by atoms with Crippen LogP contribution in [0.1, 0.15) is 20.3 Å². The van der Waals surface area contributed by atoms with Crippen molar-refractivity contribution in [1.82, 2.24) is 20.4 Å². The van der Waals surface area contributed by atoms with Crippen LogP contribution in [0.25, 0.3) is 11.5 Å². The Morgan fingerprint density at radius 2 is 1.96 bits per heavy atom. The first-order chi connectivity index (χ1) is 13.5. The van der Waals surface area contributed by atoms with Gasteiger partial charge in [0, 0.05) is 36.8 Å². The number of halogens is 1. The molecule has 0 aliphatic carbocycles. The van der Waals surface area contributed by atoms with Crippen molar-refractivity contribution >= 4 is 29.3 Å². The number of carbonyl (C=O) groups is 1. The Balaban J connectivity index is 1.34. The van der Waals surface area contributed by atoms with Crippen LogP contribution < -0.4 is 5.32 Å². The first-order valence-corrected chi connectivity index (χ1v) is 10.7. The summed E-state index contributed by atoms with van der Waals surface area (Å²) in [5.41, 5.74) is 0.792. The van der Waals surface area contributed by atoms with E-state index in [0.717, 1.165) is 31.6 Å². The summed E-state index contributed by atoms with van der Waals surface area (Å²) in [6, 6.07) is 7.15. The molecule has 0 radical (unpaired) electrons. The second-order valence-corrected chi connectivity index (χ2v) is 8.25. The number of nitrogens with zero attached hydrogens (tertiary/aromatic N) is 3. The number of nitrogens with one attached hydrogen (secondary N) is 1. The molecule has 0 spiro atoms. The lowest BCUT2D eigenvalue weighted by atomic mass is 10.2. The van der Waals surface area contributed by atoms with Gasteiger partial charge in [-0.2, -0.15) is 0 Å². The number of carbonyl (C=O) groups excluding carboxylic acids is 1. The monoisotopic (exact) mass is 424 g/mol. The van der Waals surface area contributed by atoms with Gasteiger partial charge in [0.2, 0.25) is 11.8 Å². The molecule has 7 nitrogen and oxygen atoms in total. The number of hydrogen-bond acceptors (Lipinski definition) is 7. The summed E-state index contributed by atoms with van der Waals surface area (Å²) in [5.74, 6) is 0.613. The quantitative estimate of drug-likeness (QED) is 0.515. The highest BCUT2D eigenvalue weighted by molar-refractivity contribution is 7.99. The van der Waals surface area contributed by atoms with Gasteiger partial charge < -0.3 is 14.5 Å². The average Bonchev–Trinajstić information content (AvgIpc) is 3.12. The minimum absolute atomic E-state index is 0.0417. The first-order valence-electron chi connectivity index (χ1n) is 9.36. The van der Waals surface area contributed by atoms with Gasteiger partial charge >= 0.3 is 0 Å². The van der Waals surface area contributed by atoms with Crippen LogP contribution in [0.15, 0.2) is 33.9 Å². The van der Waals surface area contributed by atoms with Crippen molar-refractivity contribution in [2.24, 2.45) is 0 Å². The van der Waals surface area contributed by atoms with Crippen LogP contribution in [0.3, 0.4) is 0 Å². The topological polar surface area (TPSA) is 80.5 Å². The second-order valence-electron chi connectivity index (χ2n) is 6.89. The van der Waals surface area contributed by atoms with E-state index in [9.17, 15) is 4.79 Å². The summed E-state index contributed by atoms with van der Waals surface area (Å²) in [6.45, 7) is 7.69. The number of benzene rings is 1. The molecule has 1 aliphatic rings. The van der Waals surface area contributed by atoms with Crippen molar-refractivity contribution in [3.05, 3.63) is 29.3 Å².